The van der Waals surface area contributed by atoms with E-state index in [2.05, 4.69) is 25.6 Å². The first-order valence-electron chi connectivity index (χ1n) is 8.85. The third-order valence-corrected chi connectivity index (χ3v) is 5.73. The van der Waals surface area contributed by atoms with Crippen molar-refractivity contribution in [3.05, 3.63) is 47.6 Å². The lowest BCUT2D eigenvalue weighted by atomic mass is 9.68. The maximum absolute atomic E-state index is 10.3. The zero-order valence-electron chi connectivity index (χ0n) is 14.9. The van der Waals surface area contributed by atoms with Crippen LogP contribution in [0.1, 0.15) is 44.1 Å². The summed E-state index contributed by atoms with van der Waals surface area (Å²) in [5.41, 5.74) is 3.63. The molecule has 1 fully saturated rings. The summed E-state index contributed by atoms with van der Waals surface area (Å²) >= 11 is 0. The minimum atomic E-state index is -0.225. The molecular formula is C21H28O3. The molecule has 0 aromatic heterocycles. The average molecular weight is 328 g/mol. The van der Waals surface area contributed by atoms with Gasteiger partial charge in [0.05, 0.1) is 20.3 Å². The van der Waals surface area contributed by atoms with E-state index in [0.717, 1.165) is 42.7 Å². The molecule has 3 nitrogen and oxygen atoms in total. The Morgan fingerprint density at radius 2 is 1.92 bits per heavy atom. The molecule has 0 amide bonds. The van der Waals surface area contributed by atoms with Crippen LogP contribution in [0.25, 0.3) is 0 Å². The maximum Gasteiger partial charge on any atom is 0.123 e. The summed E-state index contributed by atoms with van der Waals surface area (Å²) in [7, 11) is 3.39. The molecular weight excluding hydrogens is 300 g/mol. The van der Waals surface area contributed by atoms with Crippen LogP contribution in [0.3, 0.4) is 0 Å². The molecule has 0 radical (unpaired) electrons. The second-order valence-electron chi connectivity index (χ2n) is 7.05. The van der Waals surface area contributed by atoms with E-state index in [0.29, 0.717) is 5.92 Å². The van der Waals surface area contributed by atoms with E-state index >= 15 is 0 Å². The lowest BCUT2D eigenvalue weighted by molar-refractivity contribution is 0.0415. The summed E-state index contributed by atoms with van der Waals surface area (Å²) in [6.07, 6.45) is 6.21. The van der Waals surface area contributed by atoms with E-state index < -0.39 is 0 Å². The van der Waals surface area contributed by atoms with Crippen molar-refractivity contribution >= 4 is 0 Å². The summed E-state index contributed by atoms with van der Waals surface area (Å²) in [6, 6.07) is 5.95. The topological polar surface area (TPSA) is 38.7 Å². The summed E-state index contributed by atoms with van der Waals surface area (Å²) in [5, 5.41) is 10.3. The molecule has 2 unspecified atom stereocenters. The minimum absolute atomic E-state index is 0.0903. The molecule has 130 valence electrons. The maximum atomic E-state index is 10.3. The number of aliphatic hydroxyl groups excluding tert-OH is 1. The van der Waals surface area contributed by atoms with Crippen molar-refractivity contribution in [2.45, 2.75) is 44.6 Å². The van der Waals surface area contributed by atoms with E-state index in [1.54, 1.807) is 14.2 Å². The van der Waals surface area contributed by atoms with Gasteiger partial charge in [-0.1, -0.05) is 30.7 Å². The van der Waals surface area contributed by atoms with Gasteiger partial charge in [0.2, 0.25) is 0 Å². The zero-order valence-corrected chi connectivity index (χ0v) is 14.9. The molecule has 4 atom stereocenters. The molecule has 0 heterocycles. The fraction of sp³-hybridized carbons (Fsp3) is 0.524. The molecule has 0 saturated heterocycles. The Labute approximate surface area is 145 Å². The van der Waals surface area contributed by atoms with E-state index in [-0.39, 0.29) is 17.9 Å². The van der Waals surface area contributed by atoms with Gasteiger partial charge in [-0.2, -0.15) is 0 Å². The monoisotopic (exact) mass is 328 g/mol. The van der Waals surface area contributed by atoms with Gasteiger partial charge in [0.1, 0.15) is 11.5 Å². The summed E-state index contributed by atoms with van der Waals surface area (Å²) in [4.78, 5) is 0. The van der Waals surface area contributed by atoms with Gasteiger partial charge < -0.3 is 14.6 Å². The number of ether oxygens (including phenoxy) is 2. The Balaban J connectivity index is 2.10. The molecule has 2 aliphatic rings. The second-order valence-corrected chi connectivity index (χ2v) is 7.05. The van der Waals surface area contributed by atoms with Gasteiger partial charge in [-0.05, 0) is 49.8 Å². The average Bonchev–Trinajstić information content (AvgIpc) is 2.72. The molecule has 24 heavy (non-hydrogen) atoms. The minimum Gasteiger partial charge on any atom is -0.497 e. The van der Waals surface area contributed by atoms with Crippen LogP contribution in [-0.4, -0.2) is 25.4 Å². The highest BCUT2D eigenvalue weighted by molar-refractivity contribution is 5.51. The third-order valence-electron chi connectivity index (χ3n) is 5.73. The van der Waals surface area contributed by atoms with E-state index in [9.17, 15) is 5.11 Å². The summed E-state index contributed by atoms with van der Waals surface area (Å²) in [5.74, 6) is 2.46. The van der Waals surface area contributed by atoms with Crippen molar-refractivity contribution in [1.82, 2.24) is 0 Å². The zero-order chi connectivity index (χ0) is 17.3. The molecule has 0 aliphatic heterocycles. The number of hydrogen-bond acceptors (Lipinski definition) is 3. The number of methoxy groups -OCH3 is 2. The third kappa shape index (κ3) is 2.98. The number of aliphatic hydroxyl groups is 1. The Morgan fingerprint density at radius 3 is 2.50 bits per heavy atom. The Morgan fingerprint density at radius 1 is 1.12 bits per heavy atom. The smallest absolute Gasteiger partial charge is 0.123 e. The summed E-state index contributed by atoms with van der Waals surface area (Å²) < 4.78 is 11.1. The van der Waals surface area contributed by atoms with Crippen molar-refractivity contribution in [2.75, 3.05) is 14.2 Å². The largest absolute Gasteiger partial charge is 0.497 e. The molecule has 1 aromatic carbocycles. The fourth-order valence-electron chi connectivity index (χ4n) is 3.98. The van der Waals surface area contributed by atoms with Crippen LogP contribution in [0.4, 0.5) is 0 Å². The predicted molar refractivity (Wildman–Crippen MR) is 96.6 cm³/mol. The van der Waals surface area contributed by atoms with Gasteiger partial charge in [0.15, 0.2) is 0 Å². The predicted octanol–water partition coefficient (Wildman–Crippen LogP) is 4.47. The highest BCUT2D eigenvalue weighted by Gasteiger charge is 2.39. The van der Waals surface area contributed by atoms with Crippen molar-refractivity contribution in [1.29, 1.82) is 0 Å². The quantitative estimate of drug-likeness (QED) is 0.829. The first-order valence-corrected chi connectivity index (χ1v) is 8.85. The van der Waals surface area contributed by atoms with Crippen molar-refractivity contribution in [3.8, 4) is 11.5 Å². The molecule has 1 saturated carbocycles. The highest BCUT2D eigenvalue weighted by atomic mass is 16.5. The number of hydrogen-bond donors (Lipinski definition) is 1. The normalized spacial score (nSPS) is 30.2. The fourth-order valence-corrected chi connectivity index (χ4v) is 3.98. The number of rotatable bonds is 4. The van der Waals surface area contributed by atoms with Crippen LogP contribution >= 0.6 is 0 Å². The van der Waals surface area contributed by atoms with Crippen LogP contribution in [-0.2, 0) is 0 Å². The molecule has 0 bridgehead atoms. The van der Waals surface area contributed by atoms with Gasteiger partial charge in [-0.15, -0.1) is 0 Å². The standard InChI is InChI=1S/C21H28O3/c1-13-6-5-7-17(16-9-10-19(16)22)21(14(13)2)18-12-15(23-3)8-11-20(18)24-4/h7-8,11-13,16,19,21-22H,2,5-6,9-10H2,1,3-4H3/t13-,16?,19?,21-/m1/s1. The van der Waals surface area contributed by atoms with Gasteiger partial charge in [0, 0.05) is 17.4 Å². The highest BCUT2D eigenvalue weighted by Crippen LogP contribution is 2.50. The second kappa shape index (κ2) is 7.02. The van der Waals surface area contributed by atoms with Gasteiger partial charge >= 0.3 is 0 Å². The Kier molecular flexibility index (Phi) is 5.00. The van der Waals surface area contributed by atoms with Crippen LogP contribution in [0, 0.1) is 11.8 Å². The summed E-state index contributed by atoms with van der Waals surface area (Å²) in [6.45, 7) is 6.69. The van der Waals surface area contributed by atoms with Gasteiger partial charge in [0.25, 0.3) is 0 Å². The molecule has 1 aromatic rings. The van der Waals surface area contributed by atoms with Crippen molar-refractivity contribution in [3.63, 3.8) is 0 Å². The first kappa shape index (κ1) is 17.1. The Bertz CT molecular complexity index is 646. The van der Waals surface area contributed by atoms with Crippen LogP contribution in [0.2, 0.25) is 0 Å². The number of allylic oxidation sites excluding steroid dienone is 2. The molecule has 3 heteroatoms. The first-order chi connectivity index (χ1) is 11.6. The SMILES string of the molecule is C=C1[C@@H](c2cc(OC)ccc2OC)C(C2CCC2O)=CCC[C@H]1C. The van der Waals surface area contributed by atoms with E-state index in [1.807, 2.05) is 12.1 Å². The van der Waals surface area contributed by atoms with Crippen LogP contribution in [0.15, 0.2) is 42.0 Å². The van der Waals surface area contributed by atoms with Crippen molar-refractivity contribution in [2.24, 2.45) is 11.8 Å². The Hall–Kier alpha value is -1.74. The molecule has 2 aliphatic carbocycles. The van der Waals surface area contributed by atoms with Crippen molar-refractivity contribution < 1.29 is 14.6 Å². The molecule has 1 N–H and O–H groups in total. The van der Waals surface area contributed by atoms with E-state index in [1.165, 1.54) is 11.1 Å². The van der Waals surface area contributed by atoms with E-state index in [4.69, 9.17) is 9.47 Å². The van der Waals surface area contributed by atoms with Gasteiger partial charge in [-0.3, -0.25) is 0 Å². The van der Waals surface area contributed by atoms with Crippen LogP contribution in [0.5, 0.6) is 11.5 Å². The van der Waals surface area contributed by atoms with Gasteiger partial charge in [-0.25, -0.2) is 0 Å². The number of benzene rings is 1. The molecule has 3 rings (SSSR count). The molecule has 0 spiro atoms. The van der Waals surface area contributed by atoms with Crippen LogP contribution < -0.4 is 9.47 Å². The lowest BCUT2D eigenvalue weighted by Gasteiger charge is -2.39. The lowest BCUT2D eigenvalue weighted by Crippen LogP contribution is -2.34.